The number of carboxylic acids is 1. The number of carboxylic acid groups (broad SMARTS) is 1. The summed E-state index contributed by atoms with van der Waals surface area (Å²) in [4.78, 5) is 36.6. The van der Waals surface area contributed by atoms with E-state index in [-0.39, 0.29) is 31.1 Å². The third-order valence-electron chi connectivity index (χ3n) is 6.18. The van der Waals surface area contributed by atoms with Crippen molar-refractivity contribution in [2.45, 2.75) is 25.3 Å². The van der Waals surface area contributed by atoms with Crippen LogP contribution in [0.1, 0.15) is 39.4 Å². The largest absolute Gasteiger partial charge is 0.480 e. The molecule has 8 nitrogen and oxygen atoms in total. The summed E-state index contributed by atoms with van der Waals surface area (Å²) in [7, 11) is 0. The van der Waals surface area contributed by atoms with Crippen molar-refractivity contribution < 1.29 is 29.3 Å². The molecule has 8 heteroatoms. The number of benzene rings is 3. The molecule has 180 valence electrons. The van der Waals surface area contributed by atoms with E-state index in [4.69, 9.17) is 9.84 Å². The van der Waals surface area contributed by atoms with Crippen LogP contribution in [0.2, 0.25) is 0 Å². The van der Waals surface area contributed by atoms with E-state index >= 15 is 0 Å². The molecule has 0 aliphatic heterocycles. The van der Waals surface area contributed by atoms with Crippen molar-refractivity contribution in [3.05, 3.63) is 89.0 Å². The van der Waals surface area contributed by atoms with Crippen molar-refractivity contribution in [3.8, 4) is 11.1 Å². The second-order valence-corrected chi connectivity index (χ2v) is 8.31. The van der Waals surface area contributed by atoms with Crippen LogP contribution in [0.15, 0.2) is 66.7 Å². The Labute approximate surface area is 202 Å². The van der Waals surface area contributed by atoms with Crippen molar-refractivity contribution in [1.82, 2.24) is 5.32 Å². The molecule has 4 rings (SSSR count). The topological polar surface area (TPSA) is 125 Å². The van der Waals surface area contributed by atoms with Gasteiger partial charge in [0.05, 0.1) is 0 Å². The van der Waals surface area contributed by atoms with Gasteiger partial charge < -0.3 is 20.3 Å². The zero-order chi connectivity index (χ0) is 24.9. The maximum atomic E-state index is 12.6. The molecule has 1 atom stereocenters. The number of fused-ring (bicyclic) bond motifs is 3. The zero-order valence-corrected chi connectivity index (χ0v) is 19.2. The van der Waals surface area contributed by atoms with Crippen LogP contribution in [0.4, 0.5) is 10.5 Å². The van der Waals surface area contributed by atoms with Crippen molar-refractivity contribution in [3.63, 3.8) is 0 Å². The summed E-state index contributed by atoms with van der Waals surface area (Å²) in [5, 5.41) is 23.3. The highest BCUT2D eigenvalue weighted by atomic mass is 16.5. The first kappa shape index (κ1) is 24.0. The molecule has 0 radical (unpaired) electrons. The Balaban J connectivity index is 1.44. The standard InChI is InChI=1S/C27H26N2O6/c1-16-17(25(31)28-24(13-14-30)26(32)33)11-6-12-23(16)29-27(34)35-15-22-20-9-4-2-7-18(20)19-8-3-5-10-21(19)22/h2-12,22,24,30H,13-15H2,1H3,(H,28,31)(H,29,34)(H,32,33). The molecule has 0 bridgehead atoms. The van der Waals surface area contributed by atoms with Crippen LogP contribution in [-0.2, 0) is 9.53 Å². The van der Waals surface area contributed by atoms with Crippen LogP contribution in [0.3, 0.4) is 0 Å². The summed E-state index contributed by atoms with van der Waals surface area (Å²) >= 11 is 0. The summed E-state index contributed by atoms with van der Waals surface area (Å²) in [5.74, 6) is -1.93. The lowest BCUT2D eigenvalue weighted by Crippen LogP contribution is -2.41. The Morgan fingerprint density at radius 3 is 2.17 bits per heavy atom. The Morgan fingerprint density at radius 1 is 0.943 bits per heavy atom. The van der Waals surface area contributed by atoms with Gasteiger partial charge in [0.15, 0.2) is 0 Å². The van der Waals surface area contributed by atoms with Crippen molar-refractivity contribution >= 4 is 23.7 Å². The normalized spacial score (nSPS) is 12.9. The third-order valence-corrected chi connectivity index (χ3v) is 6.18. The molecule has 0 spiro atoms. The van der Waals surface area contributed by atoms with Crippen LogP contribution >= 0.6 is 0 Å². The van der Waals surface area contributed by atoms with E-state index in [0.717, 1.165) is 22.3 Å². The van der Waals surface area contributed by atoms with E-state index in [1.807, 2.05) is 36.4 Å². The predicted molar refractivity (Wildman–Crippen MR) is 130 cm³/mol. The van der Waals surface area contributed by atoms with E-state index < -0.39 is 24.0 Å². The predicted octanol–water partition coefficient (Wildman–Crippen LogP) is 3.92. The first-order valence-electron chi connectivity index (χ1n) is 11.3. The maximum absolute atomic E-state index is 12.6. The molecular weight excluding hydrogens is 448 g/mol. The first-order chi connectivity index (χ1) is 16.9. The van der Waals surface area contributed by atoms with Gasteiger partial charge in [-0.15, -0.1) is 0 Å². The fraction of sp³-hybridized carbons (Fsp3) is 0.222. The Bertz CT molecular complexity index is 1230. The number of ether oxygens (including phenoxy) is 1. The fourth-order valence-electron chi connectivity index (χ4n) is 4.38. The molecule has 0 saturated heterocycles. The second kappa shape index (κ2) is 10.4. The van der Waals surface area contributed by atoms with E-state index in [9.17, 15) is 19.5 Å². The first-order valence-corrected chi connectivity index (χ1v) is 11.3. The number of nitrogens with one attached hydrogen (secondary N) is 2. The van der Waals surface area contributed by atoms with Gasteiger partial charge in [0.1, 0.15) is 12.6 Å². The minimum absolute atomic E-state index is 0.0779. The number of anilines is 1. The van der Waals surface area contributed by atoms with Crippen molar-refractivity contribution in [2.75, 3.05) is 18.5 Å². The average molecular weight is 475 g/mol. The van der Waals surface area contributed by atoms with E-state index in [2.05, 4.69) is 22.8 Å². The van der Waals surface area contributed by atoms with Crippen LogP contribution in [0.25, 0.3) is 11.1 Å². The molecule has 3 aromatic carbocycles. The van der Waals surface area contributed by atoms with E-state index in [1.165, 1.54) is 6.07 Å². The minimum Gasteiger partial charge on any atom is -0.480 e. The van der Waals surface area contributed by atoms with Crippen LogP contribution in [0, 0.1) is 6.92 Å². The maximum Gasteiger partial charge on any atom is 0.411 e. The molecule has 1 unspecified atom stereocenters. The molecule has 0 heterocycles. The number of hydrogen-bond acceptors (Lipinski definition) is 5. The van der Waals surface area contributed by atoms with Gasteiger partial charge in [0, 0.05) is 30.2 Å². The van der Waals surface area contributed by atoms with Gasteiger partial charge in [-0.3, -0.25) is 10.1 Å². The highest BCUT2D eigenvalue weighted by molar-refractivity contribution is 6.00. The summed E-state index contributed by atoms with van der Waals surface area (Å²) in [6.45, 7) is 1.43. The number of aliphatic carboxylic acids is 1. The summed E-state index contributed by atoms with van der Waals surface area (Å²) in [6, 6.07) is 19.6. The second-order valence-electron chi connectivity index (χ2n) is 8.31. The number of amides is 2. The van der Waals surface area contributed by atoms with Gasteiger partial charge in [-0.2, -0.15) is 0 Å². The van der Waals surface area contributed by atoms with Gasteiger partial charge in [-0.25, -0.2) is 9.59 Å². The highest BCUT2D eigenvalue weighted by Crippen LogP contribution is 2.44. The molecule has 35 heavy (non-hydrogen) atoms. The van der Waals surface area contributed by atoms with Crippen LogP contribution in [-0.4, -0.2) is 47.4 Å². The number of carbonyl (C=O) groups excluding carboxylic acids is 2. The Hall–Kier alpha value is -4.17. The summed E-state index contributed by atoms with van der Waals surface area (Å²) in [5.41, 5.74) is 5.53. The number of carbonyl (C=O) groups is 3. The van der Waals surface area contributed by atoms with Gasteiger partial charge in [-0.1, -0.05) is 54.6 Å². The smallest absolute Gasteiger partial charge is 0.411 e. The van der Waals surface area contributed by atoms with E-state index in [1.54, 1.807) is 19.1 Å². The van der Waals surface area contributed by atoms with E-state index in [0.29, 0.717) is 11.3 Å². The van der Waals surface area contributed by atoms with Gasteiger partial charge in [0.2, 0.25) is 0 Å². The molecule has 0 saturated carbocycles. The van der Waals surface area contributed by atoms with Crippen LogP contribution < -0.4 is 10.6 Å². The Morgan fingerprint density at radius 2 is 1.57 bits per heavy atom. The lowest BCUT2D eigenvalue weighted by Gasteiger charge is -2.17. The van der Waals surface area contributed by atoms with Crippen molar-refractivity contribution in [2.24, 2.45) is 0 Å². The fourth-order valence-corrected chi connectivity index (χ4v) is 4.38. The lowest BCUT2D eigenvalue weighted by atomic mass is 9.98. The third kappa shape index (κ3) is 5.02. The monoisotopic (exact) mass is 474 g/mol. The molecule has 0 aromatic heterocycles. The Kier molecular flexibility index (Phi) is 7.12. The summed E-state index contributed by atoms with van der Waals surface area (Å²) < 4.78 is 5.57. The summed E-state index contributed by atoms with van der Waals surface area (Å²) in [6.07, 6.45) is -0.770. The number of aliphatic hydroxyl groups excluding tert-OH is 1. The van der Waals surface area contributed by atoms with Gasteiger partial charge in [0.25, 0.3) is 5.91 Å². The SMILES string of the molecule is Cc1c(NC(=O)OCC2c3ccccc3-c3ccccc32)cccc1C(=O)NC(CCO)C(=O)O. The van der Waals surface area contributed by atoms with Gasteiger partial charge >= 0.3 is 12.1 Å². The van der Waals surface area contributed by atoms with Gasteiger partial charge in [-0.05, 0) is 46.9 Å². The minimum atomic E-state index is -1.24. The molecule has 3 aromatic rings. The lowest BCUT2D eigenvalue weighted by molar-refractivity contribution is -0.139. The molecular formula is C27H26N2O6. The quantitative estimate of drug-likeness (QED) is 0.392. The zero-order valence-electron chi connectivity index (χ0n) is 19.2. The number of rotatable bonds is 8. The highest BCUT2D eigenvalue weighted by Gasteiger charge is 2.29. The van der Waals surface area contributed by atoms with Crippen LogP contribution in [0.5, 0.6) is 0 Å². The molecule has 2 amide bonds. The molecule has 1 aliphatic carbocycles. The molecule has 4 N–H and O–H groups in total. The van der Waals surface area contributed by atoms with Crippen molar-refractivity contribution in [1.29, 1.82) is 0 Å². The number of aliphatic hydroxyl groups is 1. The number of hydrogen-bond donors (Lipinski definition) is 4. The average Bonchev–Trinajstić information content (AvgIpc) is 3.17. The molecule has 0 fully saturated rings. The molecule has 1 aliphatic rings.